The largest absolute Gasteiger partial charge is 0.391 e. The zero-order valence-corrected chi connectivity index (χ0v) is 9.30. The zero-order chi connectivity index (χ0) is 9.84. The Balaban J connectivity index is 2.39. The van der Waals surface area contributed by atoms with E-state index in [2.05, 4.69) is 18.7 Å². The lowest BCUT2D eigenvalue weighted by Crippen LogP contribution is -2.39. The summed E-state index contributed by atoms with van der Waals surface area (Å²) in [6, 6.07) is 0.651. The molecule has 1 saturated heterocycles. The number of aliphatic hydroxyl groups is 1. The van der Waals surface area contributed by atoms with Crippen molar-refractivity contribution in [2.45, 2.75) is 38.8 Å². The Morgan fingerprint density at radius 1 is 1.54 bits per heavy atom. The van der Waals surface area contributed by atoms with Crippen molar-refractivity contribution < 1.29 is 5.11 Å². The Morgan fingerprint density at radius 2 is 2.23 bits per heavy atom. The second-order valence-corrected chi connectivity index (χ2v) is 4.57. The van der Waals surface area contributed by atoms with Gasteiger partial charge in [0, 0.05) is 18.5 Å². The average molecular weight is 206 g/mol. The number of halogens is 1. The molecule has 1 fully saturated rings. The Hall–Kier alpha value is 0.210. The van der Waals surface area contributed by atoms with Crippen LogP contribution in [0.3, 0.4) is 0 Å². The van der Waals surface area contributed by atoms with Crippen LogP contribution < -0.4 is 0 Å². The van der Waals surface area contributed by atoms with Crippen LogP contribution in [-0.2, 0) is 0 Å². The van der Waals surface area contributed by atoms with Crippen molar-refractivity contribution in [2.75, 3.05) is 19.0 Å². The van der Waals surface area contributed by atoms with Gasteiger partial charge in [0.05, 0.1) is 6.10 Å². The number of β-amino-alcohol motifs (C(OH)–C–C–N with tert-alkyl or cyclic N) is 1. The maximum Gasteiger partial charge on any atom is 0.0802 e. The summed E-state index contributed by atoms with van der Waals surface area (Å²) in [7, 11) is 0. The van der Waals surface area contributed by atoms with Gasteiger partial charge in [-0.3, -0.25) is 4.90 Å². The average Bonchev–Trinajstić information content (AvgIpc) is 2.52. The topological polar surface area (TPSA) is 23.5 Å². The van der Waals surface area contributed by atoms with Crippen molar-refractivity contribution in [1.29, 1.82) is 0 Å². The number of hydrogen-bond donors (Lipinski definition) is 1. The normalized spacial score (nSPS) is 27.0. The fourth-order valence-corrected chi connectivity index (χ4v) is 2.25. The van der Waals surface area contributed by atoms with Crippen LogP contribution >= 0.6 is 11.6 Å². The highest BCUT2D eigenvalue weighted by atomic mass is 35.5. The van der Waals surface area contributed by atoms with E-state index < -0.39 is 0 Å². The first kappa shape index (κ1) is 11.3. The molecule has 0 aliphatic carbocycles. The molecule has 1 rings (SSSR count). The number of nitrogens with zero attached hydrogens (tertiary/aromatic N) is 1. The molecule has 78 valence electrons. The molecule has 0 amide bonds. The molecule has 0 spiro atoms. The van der Waals surface area contributed by atoms with E-state index >= 15 is 0 Å². The molecule has 0 aromatic carbocycles. The SMILES string of the molecule is CC(C)C1CCCN1CC(O)CCl. The van der Waals surface area contributed by atoms with E-state index in [0.29, 0.717) is 17.8 Å². The van der Waals surface area contributed by atoms with E-state index in [0.717, 1.165) is 13.1 Å². The molecule has 0 aromatic heterocycles. The highest BCUT2D eigenvalue weighted by Gasteiger charge is 2.27. The van der Waals surface area contributed by atoms with E-state index in [1.165, 1.54) is 12.8 Å². The third kappa shape index (κ3) is 3.12. The van der Waals surface area contributed by atoms with E-state index in [9.17, 15) is 5.11 Å². The number of rotatable bonds is 4. The van der Waals surface area contributed by atoms with Gasteiger partial charge in [0.15, 0.2) is 0 Å². The fourth-order valence-electron chi connectivity index (χ4n) is 2.15. The fraction of sp³-hybridized carbons (Fsp3) is 1.00. The van der Waals surface area contributed by atoms with Crippen LogP contribution in [0.1, 0.15) is 26.7 Å². The molecule has 1 aliphatic rings. The van der Waals surface area contributed by atoms with E-state index in [1.807, 2.05) is 0 Å². The Kier molecular flexibility index (Phi) is 4.50. The van der Waals surface area contributed by atoms with Gasteiger partial charge in [0.1, 0.15) is 0 Å². The first-order valence-corrected chi connectivity index (χ1v) is 5.66. The van der Waals surface area contributed by atoms with Gasteiger partial charge >= 0.3 is 0 Å². The molecule has 0 bridgehead atoms. The van der Waals surface area contributed by atoms with Gasteiger partial charge in [-0.15, -0.1) is 11.6 Å². The second kappa shape index (κ2) is 5.18. The molecule has 2 unspecified atom stereocenters. The summed E-state index contributed by atoms with van der Waals surface area (Å²) in [4.78, 5) is 2.37. The predicted molar refractivity (Wildman–Crippen MR) is 56.2 cm³/mol. The molecule has 13 heavy (non-hydrogen) atoms. The Labute approximate surface area is 85.9 Å². The van der Waals surface area contributed by atoms with Gasteiger partial charge in [-0.2, -0.15) is 0 Å². The van der Waals surface area contributed by atoms with Gasteiger partial charge in [0.25, 0.3) is 0 Å². The van der Waals surface area contributed by atoms with Crippen molar-refractivity contribution in [3.05, 3.63) is 0 Å². The molecular weight excluding hydrogens is 186 g/mol. The van der Waals surface area contributed by atoms with Crippen LogP contribution in [-0.4, -0.2) is 41.1 Å². The molecule has 0 aromatic rings. The lowest BCUT2D eigenvalue weighted by atomic mass is 10.0. The highest BCUT2D eigenvalue weighted by molar-refractivity contribution is 6.18. The molecule has 1 aliphatic heterocycles. The van der Waals surface area contributed by atoms with Crippen LogP contribution in [0.4, 0.5) is 0 Å². The minimum Gasteiger partial charge on any atom is -0.391 e. The summed E-state index contributed by atoms with van der Waals surface area (Å²) < 4.78 is 0. The maximum absolute atomic E-state index is 9.44. The number of likely N-dealkylation sites (tertiary alicyclic amines) is 1. The third-order valence-electron chi connectivity index (χ3n) is 2.81. The Bertz CT molecular complexity index is 152. The molecule has 0 radical (unpaired) electrons. The first-order chi connectivity index (χ1) is 6.15. The van der Waals surface area contributed by atoms with Crippen LogP contribution in [0.15, 0.2) is 0 Å². The second-order valence-electron chi connectivity index (χ2n) is 4.26. The van der Waals surface area contributed by atoms with Crippen molar-refractivity contribution in [3.8, 4) is 0 Å². The quantitative estimate of drug-likeness (QED) is 0.707. The summed E-state index contributed by atoms with van der Waals surface area (Å²) in [6.45, 7) is 6.36. The molecule has 0 saturated carbocycles. The van der Waals surface area contributed by atoms with Gasteiger partial charge in [0.2, 0.25) is 0 Å². The monoisotopic (exact) mass is 205 g/mol. The van der Waals surface area contributed by atoms with Crippen LogP contribution in [0.5, 0.6) is 0 Å². The number of alkyl halides is 1. The zero-order valence-electron chi connectivity index (χ0n) is 8.54. The van der Waals surface area contributed by atoms with Gasteiger partial charge in [-0.25, -0.2) is 0 Å². The van der Waals surface area contributed by atoms with Crippen LogP contribution in [0.25, 0.3) is 0 Å². The van der Waals surface area contributed by atoms with Crippen molar-refractivity contribution in [1.82, 2.24) is 4.90 Å². The van der Waals surface area contributed by atoms with Crippen molar-refractivity contribution in [3.63, 3.8) is 0 Å². The van der Waals surface area contributed by atoms with Gasteiger partial charge < -0.3 is 5.11 Å². The minimum atomic E-state index is -0.360. The van der Waals surface area contributed by atoms with E-state index in [4.69, 9.17) is 11.6 Å². The summed E-state index contributed by atoms with van der Waals surface area (Å²) in [5, 5.41) is 9.44. The van der Waals surface area contributed by atoms with Gasteiger partial charge in [-0.05, 0) is 25.3 Å². The number of aliphatic hydroxyl groups excluding tert-OH is 1. The van der Waals surface area contributed by atoms with Crippen molar-refractivity contribution >= 4 is 11.6 Å². The van der Waals surface area contributed by atoms with Crippen molar-refractivity contribution in [2.24, 2.45) is 5.92 Å². The van der Waals surface area contributed by atoms with Crippen LogP contribution in [0.2, 0.25) is 0 Å². The molecule has 1 heterocycles. The molecular formula is C10H20ClNO. The first-order valence-electron chi connectivity index (χ1n) is 5.13. The third-order valence-corrected chi connectivity index (χ3v) is 3.16. The lowest BCUT2D eigenvalue weighted by Gasteiger charge is -2.28. The highest BCUT2D eigenvalue weighted by Crippen LogP contribution is 2.23. The lowest BCUT2D eigenvalue weighted by molar-refractivity contribution is 0.108. The molecule has 3 heteroatoms. The van der Waals surface area contributed by atoms with Crippen LogP contribution in [0, 0.1) is 5.92 Å². The van der Waals surface area contributed by atoms with E-state index in [1.54, 1.807) is 0 Å². The molecule has 2 nitrogen and oxygen atoms in total. The summed E-state index contributed by atoms with van der Waals surface area (Å²) in [6.07, 6.45) is 2.17. The molecule has 2 atom stereocenters. The van der Waals surface area contributed by atoms with Gasteiger partial charge in [-0.1, -0.05) is 13.8 Å². The standard InChI is InChI=1S/C10H20ClNO/c1-8(2)10-4-3-5-12(10)7-9(13)6-11/h8-10,13H,3-7H2,1-2H3. The summed E-state index contributed by atoms with van der Waals surface area (Å²) in [5.74, 6) is 1.03. The summed E-state index contributed by atoms with van der Waals surface area (Å²) >= 11 is 5.58. The summed E-state index contributed by atoms with van der Waals surface area (Å²) in [5.41, 5.74) is 0. The van der Waals surface area contributed by atoms with E-state index in [-0.39, 0.29) is 6.10 Å². The number of hydrogen-bond acceptors (Lipinski definition) is 2. The smallest absolute Gasteiger partial charge is 0.0802 e. The minimum absolute atomic E-state index is 0.349. The predicted octanol–water partition coefficient (Wildman–Crippen LogP) is 1.71. The maximum atomic E-state index is 9.44. The molecule has 1 N–H and O–H groups in total. The Morgan fingerprint density at radius 3 is 2.77 bits per heavy atom.